The van der Waals surface area contributed by atoms with Gasteiger partial charge in [0.1, 0.15) is 0 Å². The first-order valence-corrected chi connectivity index (χ1v) is 7.29. The molecule has 0 aliphatic carbocycles. The van der Waals surface area contributed by atoms with Crippen LogP contribution in [-0.4, -0.2) is 19.6 Å². The molecule has 2 nitrogen and oxygen atoms in total. The second-order valence-electron chi connectivity index (χ2n) is 5.51. The van der Waals surface area contributed by atoms with Gasteiger partial charge in [-0.3, -0.25) is 0 Å². The zero-order valence-corrected chi connectivity index (χ0v) is 11.8. The Hall–Kier alpha value is -1.02. The predicted molar refractivity (Wildman–Crippen MR) is 79.2 cm³/mol. The molecule has 100 valence electrons. The molecule has 18 heavy (non-hydrogen) atoms. The van der Waals surface area contributed by atoms with Gasteiger partial charge >= 0.3 is 0 Å². The molecule has 1 aromatic rings. The van der Waals surface area contributed by atoms with Gasteiger partial charge < -0.3 is 10.6 Å². The first-order chi connectivity index (χ1) is 8.74. The molecule has 0 unspecified atom stereocenters. The molecule has 1 heterocycles. The number of aryl methyl sites for hydroxylation is 1. The molecule has 1 aliphatic heterocycles. The van der Waals surface area contributed by atoms with Crippen LogP contribution in [-0.2, 0) is 6.42 Å². The molecule has 0 bridgehead atoms. The third-order valence-corrected chi connectivity index (χ3v) is 4.18. The van der Waals surface area contributed by atoms with Crippen molar-refractivity contribution in [3.05, 3.63) is 29.3 Å². The van der Waals surface area contributed by atoms with Crippen LogP contribution in [0.1, 0.15) is 37.3 Å². The second-order valence-corrected chi connectivity index (χ2v) is 5.51. The standard InChI is InChI=1S/C16H26N2/c1-3-14-7-10-18(11-8-14)16-5-4-13(2)12-15(16)6-9-17/h4-5,12,14H,3,6-11,17H2,1-2H3. The average molecular weight is 246 g/mol. The maximum Gasteiger partial charge on any atom is 0.0399 e. The van der Waals surface area contributed by atoms with E-state index in [1.54, 1.807) is 0 Å². The summed E-state index contributed by atoms with van der Waals surface area (Å²) in [6, 6.07) is 6.81. The first-order valence-electron chi connectivity index (χ1n) is 7.29. The lowest BCUT2D eigenvalue weighted by Crippen LogP contribution is -2.34. The summed E-state index contributed by atoms with van der Waals surface area (Å²) >= 11 is 0. The van der Waals surface area contributed by atoms with E-state index >= 15 is 0 Å². The van der Waals surface area contributed by atoms with Crippen LogP contribution in [0.25, 0.3) is 0 Å². The van der Waals surface area contributed by atoms with Crippen molar-refractivity contribution in [1.82, 2.24) is 0 Å². The number of rotatable bonds is 4. The molecule has 2 heteroatoms. The lowest BCUT2D eigenvalue weighted by molar-refractivity contribution is 0.395. The van der Waals surface area contributed by atoms with Crippen LogP contribution in [0.3, 0.4) is 0 Å². The zero-order chi connectivity index (χ0) is 13.0. The second kappa shape index (κ2) is 6.24. The summed E-state index contributed by atoms with van der Waals surface area (Å²) in [7, 11) is 0. The highest BCUT2D eigenvalue weighted by molar-refractivity contribution is 5.55. The highest BCUT2D eigenvalue weighted by atomic mass is 15.1. The minimum absolute atomic E-state index is 0.738. The monoisotopic (exact) mass is 246 g/mol. The zero-order valence-electron chi connectivity index (χ0n) is 11.8. The van der Waals surface area contributed by atoms with Crippen molar-refractivity contribution in [2.45, 2.75) is 39.5 Å². The summed E-state index contributed by atoms with van der Waals surface area (Å²) in [4.78, 5) is 2.55. The number of hydrogen-bond acceptors (Lipinski definition) is 2. The van der Waals surface area contributed by atoms with Crippen LogP contribution < -0.4 is 10.6 Å². The Balaban J connectivity index is 2.13. The molecular formula is C16H26N2. The van der Waals surface area contributed by atoms with Crippen molar-refractivity contribution in [1.29, 1.82) is 0 Å². The Kier molecular flexibility index (Phi) is 4.65. The van der Waals surface area contributed by atoms with Gasteiger partial charge in [-0.1, -0.05) is 31.0 Å². The van der Waals surface area contributed by atoms with E-state index in [-0.39, 0.29) is 0 Å². The lowest BCUT2D eigenvalue weighted by Gasteiger charge is -2.34. The van der Waals surface area contributed by atoms with Crippen molar-refractivity contribution in [3.63, 3.8) is 0 Å². The van der Waals surface area contributed by atoms with Crippen molar-refractivity contribution in [2.75, 3.05) is 24.5 Å². The molecule has 1 fully saturated rings. The molecule has 0 spiro atoms. The Morgan fingerprint density at radius 3 is 2.61 bits per heavy atom. The van der Waals surface area contributed by atoms with Crippen LogP contribution in [0.4, 0.5) is 5.69 Å². The number of piperidine rings is 1. The number of hydrogen-bond donors (Lipinski definition) is 1. The summed E-state index contributed by atoms with van der Waals surface area (Å²) in [5.41, 5.74) is 9.91. The van der Waals surface area contributed by atoms with Gasteiger partial charge in [0.25, 0.3) is 0 Å². The fraction of sp³-hybridized carbons (Fsp3) is 0.625. The quantitative estimate of drug-likeness (QED) is 0.884. The van der Waals surface area contributed by atoms with Gasteiger partial charge in [-0.2, -0.15) is 0 Å². The summed E-state index contributed by atoms with van der Waals surface area (Å²) in [5.74, 6) is 0.935. The van der Waals surface area contributed by atoms with Gasteiger partial charge in [-0.15, -0.1) is 0 Å². The normalized spacial score (nSPS) is 17.2. The number of anilines is 1. The predicted octanol–water partition coefficient (Wildman–Crippen LogP) is 3.12. The third kappa shape index (κ3) is 3.05. The van der Waals surface area contributed by atoms with Crippen LogP contribution >= 0.6 is 0 Å². The minimum atomic E-state index is 0.738. The number of nitrogens with two attached hydrogens (primary N) is 1. The van der Waals surface area contributed by atoms with E-state index in [1.807, 2.05) is 0 Å². The first kappa shape index (κ1) is 13.4. The van der Waals surface area contributed by atoms with Crippen molar-refractivity contribution in [2.24, 2.45) is 11.7 Å². The number of benzene rings is 1. The summed E-state index contributed by atoms with van der Waals surface area (Å²) in [5, 5.41) is 0. The molecular weight excluding hydrogens is 220 g/mol. The molecule has 0 aromatic heterocycles. The van der Waals surface area contributed by atoms with E-state index in [2.05, 4.69) is 36.9 Å². The molecule has 0 radical (unpaired) electrons. The molecule has 0 saturated carbocycles. The van der Waals surface area contributed by atoms with Crippen molar-refractivity contribution in [3.8, 4) is 0 Å². The fourth-order valence-corrected chi connectivity index (χ4v) is 2.96. The maximum atomic E-state index is 5.73. The van der Waals surface area contributed by atoms with Crippen LogP contribution in [0, 0.1) is 12.8 Å². The smallest absolute Gasteiger partial charge is 0.0399 e. The highest BCUT2D eigenvalue weighted by Crippen LogP contribution is 2.28. The average Bonchev–Trinajstić information content (AvgIpc) is 2.40. The topological polar surface area (TPSA) is 29.3 Å². The van der Waals surface area contributed by atoms with E-state index < -0.39 is 0 Å². The SMILES string of the molecule is CCC1CCN(c2ccc(C)cc2CCN)CC1. The lowest BCUT2D eigenvalue weighted by atomic mass is 9.93. The van der Waals surface area contributed by atoms with E-state index in [1.165, 1.54) is 49.2 Å². The van der Waals surface area contributed by atoms with Crippen molar-refractivity contribution < 1.29 is 0 Å². The molecule has 2 rings (SSSR count). The van der Waals surface area contributed by atoms with Crippen molar-refractivity contribution >= 4 is 5.69 Å². The van der Waals surface area contributed by atoms with Gasteiger partial charge in [-0.25, -0.2) is 0 Å². The van der Waals surface area contributed by atoms with E-state index in [0.29, 0.717) is 0 Å². The van der Waals surface area contributed by atoms with Gasteiger partial charge in [-0.05, 0) is 50.3 Å². The molecule has 0 amide bonds. The Morgan fingerprint density at radius 2 is 2.00 bits per heavy atom. The van der Waals surface area contributed by atoms with E-state index in [9.17, 15) is 0 Å². The number of nitrogens with zero attached hydrogens (tertiary/aromatic N) is 1. The van der Waals surface area contributed by atoms with Gasteiger partial charge in [0, 0.05) is 18.8 Å². The maximum absolute atomic E-state index is 5.73. The summed E-state index contributed by atoms with van der Waals surface area (Å²) < 4.78 is 0. The molecule has 2 N–H and O–H groups in total. The van der Waals surface area contributed by atoms with Gasteiger partial charge in [0.05, 0.1) is 0 Å². The van der Waals surface area contributed by atoms with Gasteiger partial charge in [0.15, 0.2) is 0 Å². The fourth-order valence-electron chi connectivity index (χ4n) is 2.96. The molecule has 1 aliphatic rings. The highest BCUT2D eigenvalue weighted by Gasteiger charge is 2.19. The Morgan fingerprint density at radius 1 is 1.28 bits per heavy atom. The van der Waals surface area contributed by atoms with E-state index in [4.69, 9.17) is 5.73 Å². The van der Waals surface area contributed by atoms with E-state index in [0.717, 1.165) is 18.9 Å². The third-order valence-electron chi connectivity index (χ3n) is 4.18. The minimum Gasteiger partial charge on any atom is -0.371 e. The summed E-state index contributed by atoms with van der Waals surface area (Å²) in [6.45, 7) is 7.62. The van der Waals surface area contributed by atoms with Gasteiger partial charge in [0.2, 0.25) is 0 Å². The van der Waals surface area contributed by atoms with Crippen LogP contribution in [0.15, 0.2) is 18.2 Å². The largest absolute Gasteiger partial charge is 0.371 e. The Labute approximate surface area is 111 Å². The van der Waals surface area contributed by atoms with Crippen LogP contribution in [0.2, 0.25) is 0 Å². The molecule has 1 saturated heterocycles. The Bertz CT molecular complexity index is 379. The molecule has 0 atom stereocenters. The van der Waals surface area contributed by atoms with Crippen LogP contribution in [0.5, 0.6) is 0 Å². The summed E-state index contributed by atoms with van der Waals surface area (Å²) in [6.07, 6.45) is 5.00. The molecule has 1 aromatic carbocycles.